The van der Waals surface area contributed by atoms with Crippen molar-refractivity contribution in [3.05, 3.63) is 51.4 Å². The molecule has 0 radical (unpaired) electrons. The summed E-state index contributed by atoms with van der Waals surface area (Å²) in [7, 11) is 2.52. The van der Waals surface area contributed by atoms with E-state index in [1.54, 1.807) is 18.2 Å². The molecule has 1 N–H and O–H groups in total. The van der Waals surface area contributed by atoms with Crippen LogP contribution in [-0.4, -0.2) is 38.7 Å². The molecule has 0 spiro atoms. The van der Waals surface area contributed by atoms with Gasteiger partial charge >= 0.3 is 11.9 Å². The third kappa shape index (κ3) is 5.07. The number of rotatable bonds is 8. The summed E-state index contributed by atoms with van der Waals surface area (Å²) in [6.07, 6.45) is 3.35. The maximum absolute atomic E-state index is 13.0. The summed E-state index contributed by atoms with van der Waals surface area (Å²) in [5.74, 6) is -1.83. The van der Waals surface area contributed by atoms with Gasteiger partial charge in [-0.2, -0.15) is 5.26 Å². The van der Waals surface area contributed by atoms with E-state index in [4.69, 9.17) is 14.2 Å². The standard InChI is InChI=1S/C24H24N2O6S/c1-4-11-32-17-8-6-5-7-14(17)12-15(13-25)21(27)26-22-20(24(29)31-3)19-16(23(28)30-2)9-10-18(19)33-22/h5-8,12,16H,4,9-11H2,1-3H3,(H,26,27)/b15-12+. The van der Waals surface area contributed by atoms with E-state index >= 15 is 0 Å². The molecule has 3 rings (SSSR count). The van der Waals surface area contributed by atoms with Crippen LogP contribution in [0, 0.1) is 11.3 Å². The number of thiophene rings is 1. The van der Waals surface area contributed by atoms with E-state index in [0.717, 1.165) is 11.3 Å². The van der Waals surface area contributed by atoms with Gasteiger partial charge in [0.25, 0.3) is 5.91 Å². The number of nitrogens with one attached hydrogen (secondary N) is 1. The number of carbonyl (C=O) groups excluding carboxylic acids is 3. The first-order chi connectivity index (χ1) is 15.9. The lowest BCUT2D eigenvalue weighted by atomic mass is 9.99. The summed E-state index contributed by atoms with van der Waals surface area (Å²) in [6, 6.07) is 9.01. The lowest BCUT2D eigenvalue weighted by Gasteiger charge is -2.12. The Morgan fingerprint density at radius 3 is 2.67 bits per heavy atom. The number of esters is 2. The van der Waals surface area contributed by atoms with Crippen LogP contribution in [0.1, 0.15) is 52.0 Å². The number of amides is 1. The number of aryl methyl sites for hydroxylation is 1. The molecular formula is C24H24N2O6S. The van der Waals surface area contributed by atoms with E-state index < -0.39 is 23.8 Å². The van der Waals surface area contributed by atoms with Crippen LogP contribution in [0.25, 0.3) is 6.08 Å². The van der Waals surface area contributed by atoms with Gasteiger partial charge in [-0.25, -0.2) is 4.79 Å². The van der Waals surface area contributed by atoms with Crippen molar-refractivity contribution in [1.29, 1.82) is 5.26 Å². The molecule has 172 valence electrons. The molecule has 1 aromatic heterocycles. The smallest absolute Gasteiger partial charge is 0.341 e. The number of hydrogen-bond acceptors (Lipinski definition) is 8. The molecule has 9 heteroatoms. The van der Waals surface area contributed by atoms with Crippen molar-refractivity contribution in [1.82, 2.24) is 0 Å². The molecule has 1 aliphatic rings. The molecule has 0 saturated carbocycles. The molecular weight excluding hydrogens is 444 g/mol. The lowest BCUT2D eigenvalue weighted by Crippen LogP contribution is -2.18. The van der Waals surface area contributed by atoms with Gasteiger partial charge in [-0.1, -0.05) is 25.1 Å². The second-order valence-electron chi connectivity index (χ2n) is 7.26. The van der Waals surface area contributed by atoms with E-state index in [-0.39, 0.29) is 16.1 Å². The van der Waals surface area contributed by atoms with E-state index in [1.807, 2.05) is 19.1 Å². The highest BCUT2D eigenvalue weighted by molar-refractivity contribution is 7.17. The molecule has 1 aliphatic carbocycles. The van der Waals surface area contributed by atoms with Crippen LogP contribution >= 0.6 is 11.3 Å². The Labute approximate surface area is 195 Å². The Kier molecular flexibility index (Phi) is 7.85. The zero-order valence-electron chi connectivity index (χ0n) is 18.6. The highest BCUT2D eigenvalue weighted by Gasteiger charge is 2.38. The first kappa shape index (κ1) is 24.0. The largest absolute Gasteiger partial charge is 0.493 e. The van der Waals surface area contributed by atoms with Gasteiger partial charge in [0.1, 0.15) is 22.4 Å². The number of ether oxygens (including phenoxy) is 3. The average molecular weight is 469 g/mol. The van der Waals surface area contributed by atoms with Gasteiger partial charge in [-0.15, -0.1) is 11.3 Å². The third-order valence-electron chi connectivity index (χ3n) is 5.18. The van der Waals surface area contributed by atoms with Gasteiger partial charge in [-0.05, 0) is 37.0 Å². The maximum atomic E-state index is 13.0. The molecule has 1 heterocycles. The highest BCUT2D eigenvalue weighted by atomic mass is 32.1. The molecule has 0 bridgehead atoms. The average Bonchev–Trinajstić information content (AvgIpc) is 3.39. The van der Waals surface area contributed by atoms with Crippen molar-refractivity contribution >= 4 is 40.3 Å². The minimum atomic E-state index is -0.678. The maximum Gasteiger partial charge on any atom is 0.341 e. The van der Waals surface area contributed by atoms with Crippen LogP contribution in [0.15, 0.2) is 29.8 Å². The number of hydrogen-bond donors (Lipinski definition) is 1. The SMILES string of the molecule is CCCOc1ccccc1/C=C(\C#N)C(=O)Nc1sc2c(c1C(=O)OC)C(C(=O)OC)CC2. The summed E-state index contributed by atoms with van der Waals surface area (Å²) in [5.41, 5.74) is 1.08. The molecule has 2 aromatic rings. The third-order valence-corrected chi connectivity index (χ3v) is 6.36. The molecule has 0 fully saturated rings. The highest BCUT2D eigenvalue weighted by Crippen LogP contribution is 2.46. The number of carbonyl (C=O) groups is 3. The van der Waals surface area contributed by atoms with Crippen molar-refractivity contribution in [2.75, 3.05) is 26.1 Å². The number of para-hydroxylation sites is 1. The van der Waals surface area contributed by atoms with Crippen LogP contribution in [0.2, 0.25) is 0 Å². The van der Waals surface area contributed by atoms with Crippen molar-refractivity contribution in [2.24, 2.45) is 0 Å². The molecule has 0 saturated heterocycles. The first-order valence-corrected chi connectivity index (χ1v) is 11.2. The zero-order valence-corrected chi connectivity index (χ0v) is 19.4. The minimum absolute atomic E-state index is 0.128. The quantitative estimate of drug-likeness (QED) is 0.353. The van der Waals surface area contributed by atoms with Crippen molar-refractivity contribution < 1.29 is 28.6 Å². The van der Waals surface area contributed by atoms with Gasteiger partial charge in [-0.3, -0.25) is 9.59 Å². The van der Waals surface area contributed by atoms with E-state index in [9.17, 15) is 19.6 Å². The number of nitriles is 1. The van der Waals surface area contributed by atoms with E-state index in [2.05, 4.69) is 5.32 Å². The van der Waals surface area contributed by atoms with Crippen LogP contribution in [0.5, 0.6) is 5.75 Å². The molecule has 1 atom stereocenters. The van der Waals surface area contributed by atoms with Crippen molar-refractivity contribution in [3.8, 4) is 11.8 Å². The number of benzene rings is 1. The fourth-order valence-electron chi connectivity index (χ4n) is 3.65. The second-order valence-corrected chi connectivity index (χ2v) is 8.36. The van der Waals surface area contributed by atoms with E-state index in [0.29, 0.717) is 36.3 Å². The Hall–Kier alpha value is -3.64. The van der Waals surface area contributed by atoms with Crippen molar-refractivity contribution in [3.63, 3.8) is 0 Å². The molecule has 0 aliphatic heterocycles. The Morgan fingerprint density at radius 1 is 1.24 bits per heavy atom. The van der Waals surface area contributed by atoms with Crippen LogP contribution in [0.4, 0.5) is 5.00 Å². The Bertz CT molecular complexity index is 1140. The van der Waals surface area contributed by atoms with Crippen LogP contribution in [0.3, 0.4) is 0 Å². The zero-order chi connectivity index (χ0) is 24.0. The lowest BCUT2D eigenvalue weighted by molar-refractivity contribution is -0.142. The Morgan fingerprint density at radius 2 is 2.00 bits per heavy atom. The predicted octanol–water partition coefficient (Wildman–Crippen LogP) is 4.07. The molecule has 1 aromatic carbocycles. The van der Waals surface area contributed by atoms with Crippen LogP contribution < -0.4 is 10.1 Å². The number of fused-ring (bicyclic) bond motifs is 1. The van der Waals surface area contributed by atoms with Gasteiger partial charge in [0.2, 0.25) is 0 Å². The second kappa shape index (κ2) is 10.8. The molecule has 1 unspecified atom stereocenters. The summed E-state index contributed by atoms with van der Waals surface area (Å²) in [6.45, 7) is 2.48. The minimum Gasteiger partial charge on any atom is -0.493 e. The molecule has 1 amide bonds. The monoisotopic (exact) mass is 468 g/mol. The fourth-order valence-corrected chi connectivity index (χ4v) is 4.91. The molecule has 8 nitrogen and oxygen atoms in total. The number of anilines is 1. The molecule has 33 heavy (non-hydrogen) atoms. The van der Waals surface area contributed by atoms with Crippen LogP contribution in [-0.2, 0) is 25.5 Å². The van der Waals surface area contributed by atoms with Gasteiger partial charge < -0.3 is 19.5 Å². The van der Waals surface area contributed by atoms with Gasteiger partial charge in [0.15, 0.2) is 0 Å². The summed E-state index contributed by atoms with van der Waals surface area (Å²) in [4.78, 5) is 38.5. The van der Waals surface area contributed by atoms with Gasteiger partial charge in [0.05, 0.1) is 32.3 Å². The summed E-state index contributed by atoms with van der Waals surface area (Å²) < 4.78 is 15.5. The summed E-state index contributed by atoms with van der Waals surface area (Å²) >= 11 is 1.20. The van der Waals surface area contributed by atoms with E-state index in [1.165, 1.54) is 31.6 Å². The normalized spacial score (nSPS) is 14.7. The fraction of sp³-hybridized carbons (Fsp3) is 0.333. The topological polar surface area (TPSA) is 115 Å². The van der Waals surface area contributed by atoms with Gasteiger partial charge in [0, 0.05) is 10.4 Å². The Balaban J connectivity index is 1.94. The number of nitrogens with zero attached hydrogens (tertiary/aromatic N) is 1. The van der Waals surface area contributed by atoms with Crippen molar-refractivity contribution in [2.45, 2.75) is 32.1 Å². The summed E-state index contributed by atoms with van der Waals surface area (Å²) in [5, 5.41) is 12.5. The number of methoxy groups -OCH3 is 2. The first-order valence-electron chi connectivity index (χ1n) is 10.4. The predicted molar refractivity (Wildman–Crippen MR) is 123 cm³/mol.